The van der Waals surface area contributed by atoms with Crippen LogP contribution in [0.3, 0.4) is 0 Å². The first-order valence-corrected chi connectivity index (χ1v) is 7.83. The first kappa shape index (κ1) is 13.5. The van der Waals surface area contributed by atoms with E-state index in [1.165, 1.54) is 12.1 Å². The summed E-state index contributed by atoms with van der Waals surface area (Å²) in [4.78, 5) is 0. The van der Waals surface area contributed by atoms with Gasteiger partial charge in [0, 0.05) is 41.3 Å². The Morgan fingerprint density at radius 1 is 1.56 bits per heavy atom. The van der Waals surface area contributed by atoms with Crippen molar-refractivity contribution in [1.82, 2.24) is 5.32 Å². The topological polar surface area (TPSA) is 38.3 Å². The molecule has 0 bridgehead atoms. The lowest BCUT2D eigenvalue weighted by Crippen LogP contribution is -2.31. The summed E-state index contributed by atoms with van der Waals surface area (Å²) >= 11 is 0. The first-order chi connectivity index (χ1) is 8.65. The van der Waals surface area contributed by atoms with Crippen LogP contribution in [0, 0.1) is 5.82 Å². The quantitative estimate of drug-likeness (QED) is 0.797. The standard InChI is InChI=1S/C13H18FNO2S/c1-18(16)6-2-5-15-9-12-8-10-7-11(14)3-4-13(10)17-12/h3-4,7,12,15H,2,5-6,8-9H2,1H3. The molecule has 0 fully saturated rings. The van der Waals surface area contributed by atoms with Gasteiger partial charge in [0.15, 0.2) is 0 Å². The summed E-state index contributed by atoms with van der Waals surface area (Å²) < 4.78 is 29.6. The molecule has 18 heavy (non-hydrogen) atoms. The maximum absolute atomic E-state index is 13.0. The normalized spacial score (nSPS) is 19.3. The zero-order chi connectivity index (χ0) is 13.0. The number of ether oxygens (including phenoxy) is 1. The second-order valence-corrected chi connectivity index (χ2v) is 6.09. The van der Waals surface area contributed by atoms with Crippen LogP contribution in [0.1, 0.15) is 12.0 Å². The molecule has 0 amide bonds. The molecule has 2 atom stereocenters. The average molecular weight is 271 g/mol. The molecule has 2 unspecified atom stereocenters. The molecule has 1 aliphatic heterocycles. The van der Waals surface area contributed by atoms with Gasteiger partial charge in [0.25, 0.3) is 0 Å². The van der Waals surface area contributed by atoms with Gasteiger partial charge < -0.3 is 10.1 Å². The molecule has 1 aromatic carbocycles. The van der Waals surface area contributed by atoms with Crippen LogP contribution < -0.4 is 10.1 Å². The van der Waals surface area contributed by atoms with Gasteiger partial charge in [-0.3, -0.25) is 4.21 Å². The third-order valence-electron chi connectivity index (χ3n) is 2.92. The van der Waals surface area contributed by atoms with Crippen LogP contribution in [0.15, 0.2) is 18.2 Å². The smallest absolute Gasteiger partial charge is 0.123 e. The second kappa shape index (κ2) is 6.29. The predicted octanol–water partition coefficient (Wildman–Crippen LogP) is 1.49. The largest absolute Gasteiger partial charge is 0.488 e. The van der Waals surface area contributed by atoms with Gasteiger partial charge in [-0.1, -0.05) is 0 Å². The summed E-state index contributed by atoms with van der Waals surface area (Å²) in [7, 11) is -0.719. The molecule has 0 saturated carbocycles. The van der Waals surface area contributed by atoms with Crippen molar-refractivity contribution in [3.05, 3.63) is 29.6 Å². The third kappa shape index (κ3) is 3.78. The highest BCUT2D eigenvalue weighted by Gasteiger charge is 2.22. The van der Waals surface area contributed by atoms with Crippen molar-refractivity contribution < 1.29 is 13.3 Å². The molecule has 2 rings (SSSR count). The summed E-state index contributed by atoms with van der Waals surface area (Å²) in [5, 5.41) is 3.28. The summed E-state index contributed by atoms with van der Waals surface area (Å²) in [6.45, 7) is 1.58. The minimum absolute atomic E-state index is 0.0777. The Balaban J connectivity index is 1.70. The van der Waals surface area contributed by atoms with Gasteiger partial charge in [0.2, 0.25) is 0 Å². The van der Waals surface area contributed by atoms with E-state index in [4.69, 9.17) is 4.74 Å². The Kier molecular flexibility index (Phi) is 4.72. The fourth-order valence-electron chi connectivity index (χ4n) is 2.07. The van der Waals surface area contributed by atoms with Crippen molar-refractivity contribution in [1.29, 1.82) is 0 Å². The minimum atomic E-state index is -0.719. The highest BCUT2D eigenvalue weighted by Crippen LogP contribution is 2.28. The maximum Gasteiger partial charge on any atom is 0.123 e. The van der Waals surface area contributed by atoms with Gasteiger partial charge in [-0.2, -0.15) is 0 Å². The molecule has 0 aromatic heterocycles. The van der Waals surface area contributed by atoms with Gasteiger partial charge in [-0.15, -0.1) is 0 Å². The maximum atomic E-state index is 13.0. The molecule has 0 aliphatic carbocycles. The summed E-state index contributed by atoms with van der Waals surface area (Å²) in [6.07, 6.45) is 3.44. The minimum Gasteiger partial charge on any atom is -0.488 e. The molecule has 1 N–H and O–H groups in total. The van der Waals surface area contributed by atoms with Crippen molar-refractivity contribution in [2.24, 2.45) is 0 Å². The number of halogens is 1. The number of benzene rings is 1. The molecule has 3 nitrogen and oxygen atoms in total. The number of nitrogens with one attached hydrogen (secondary N) is 1. The highest BCUT2D eigenvalue weighted by molar-refractivity contribution is 7.84. The van der Waals surface area contributed by atoms with Crippen molar-refractivity contribution in [3.8, 4) is 5.75 Å². The third-order valence-corrected chi connectivity index (χ3v) is 3.78. The molecule has 100 valence electrons. The molecular formula is C13H18FNO2S. The lowest BCUT2D eigenvalue weighted by molar-refractivity contribution is 0.228. The summed E-state index contributed by atoms with van der Waals surface area (Å²) in [6, 6.07) is 4.64. The van der Waals surface area contributed by atoms with Crippen molar-refractivity contribution in [3.63, 3.8) is 0 Å². The Morgan fingerprint density at radius 3 is 3.17 bits per heavy atom. The van der Waals surface area contributed by atoms with Gasteiger partial charge in [-0.05, 0) is 31.2 Å². The van der Waals surface area contributed by atoms with E-state index < -0.39 is 10.8 Å². The molecule has 0 radical (unpaired) electrons. The zero-order valence-electron chi connectivity index (χ0n) is 10.4. The van der Waals surface area contributed by atoms with E-state index in [0.717, 1.165) is 43.0 Å². The van der Waals surface area contributed by atoms with Crippen LogP contribution in [0.4, 0.5) is 4.39 Å². The number of fused-ring (bicyclic) bond motifs is 1. The van der Waals surface area contributed by atoms with Gasteiger partial charge in [0.05, 0.1) is 0 Å². The molecular weight excluding hydrogens is 253 g/mol. The van der Waals surface area contributed by atoms with E-state index in [-0.39, 0.29) is 11.9 Å². The van der Waals surface area contributed by atoms with Gasteiger partial charge >= 0.3 is 0 Å². The average Bonchev–Trinajstić information content (AvgIpc) is 2.70. The molecule has 0 saturated heterocycles. The second-order valence-electron chi connectivity index (χ2n) is 4.53. The fraction of sp³-hybridized carbons (Fsp3) is 0.538. The van der Waals surface area contributed by atoms with E-state index in [1.807, 2.05) is 0 Å². The zero-order valence-corrected chi connectivity index (χ0v) is 11.3. The molecule has 1 aliphatic rings. The molecule has 5 heteroatoms. The Labute approximate surface area is 109 Å². The van der Waals surface area contributed by atoms with Crippen molar-refractivity contribution in [2.75, 3.05) is 25.1 Å². The van der Waals surface area contributed by atoms with Crippen LogP contribution in [-0.2, 0) is 17.2 Å². The van der Waals surface area contributed by atoms with Crippen LogP contribution in [0.25, 0.3) is 0 Å². The van der Waals surface area contributed by atoms with Crippen molar-refractivity contribution in [2.45, 2.75) is 18.9 Å². The Bertz CT molecular complexity index is 439. The van der Waals surface area contributed by atoms with Crippen LogP contribution in [0.5, 0.6) is 5.75 Å². The first-order valence-electron chi connectivity index (χ1n) is 6.11. The number of hydrogen-bond acceptors (Lipinski definition) is 3. The molecule has 0 spiro atoms. The lowest BCUT2D eigenvalue weighted by Gasteiger charge is -2.11. The van der Waals surface area contributed by atoms with Gasteiger partial charge in [0.1, 0.15) is 17.7 Å². The van der Waals surface area contributed by atoms with E-state index in [9.17, 15) is 8.60 Å². The van der Waals surface area contributed by atoms with E-state index in [0.29, 0.717) is 0 Å². The summed E-state index contributed by atoms with van der Waals surface area (Å²) in [5.74, 6) is 1.30. The number of rotatable bonds is 6. The van der Waals surface area contributed by atoms with E-state index in [1.54, 1.807) is 12.3 Å². The Hall–Kier alpha value is -0.940. The van der Waals surface area contributed by atoms with E-state index in [2.05, 4.69) is 5.32 Å². The monoisotopic (exact) mass is 271 g/mol. The van der Waals surface area contributed by atoms with Gasteiger partial charge in [-0.25, -0.2) is 4.39 Å². The Morgan fingerprint density at radius 2 is 2.39 bits per heavy atom. The molecule has 1 heterocycles. The molecule has 1 aromatic rings. The van der Waals surface area contributed by atoms with Crippen molar-refractivity contribution >= 4 is 10.8 Å². The SMILES string of the molecule is CS(=O)CCCNCC1Cc2cc(F)ccc2O1. The van der Waals surface area contributed by atoms with Crippen LogP contribution in [-0.4, -0.2) is 35.4 Å². The fourth-order valence-corrected chi connectivity index (χ4v) is 2.62. The van der Waals surface area contributed by atoms with E-state index >= 15 is 0 Å². The van der Waals surface area contributed by atoms with Crippen LogP contribution >= 0.6 is 0 Å². The summed E-state index contributed by atoms with van der Waals surface area (Å²) in [5.41, 5.74) is 0.941. The lowest BCUT2D eigenvalue weighted by atomic mass is 10.1. The highest BCUT2D eigenvalue weighted by atomic mass is 32.2. The number of hydrogen-bond donors (Lipinski definition) is 1. The van der Waals surface area contributed by atoms with Crippen LogP contribution in [0.2, 0.25) is 0 Å². The predicted molar refractivity (Wildman–Crippen MR) is 70.9 cm³/mol.